The van der Waals surface area contributed by atoms with Crippen molar-refractivity contribution >= 4 is 17.9 Å². The quantitative estimate of drug-likeness (QED) is 0.0433. The Hall–Kier alpha value is -2.09. The largest absolute Gasteiger partial charge is 0.446 e. The molecular weight excluding hydrogens is 817 g/mol. The fourth-order valence-corrected chi connectivity index (χ4v) is 13.7. The first-order chi connectivity index (χ1) is 31.9. The first-order valence-corrected chi connectivity index (χ1v) is 28.8. The fraction of sp³-hybridized carbons (Fsp3) is 0.914. The summed E-state index contributed by atoms with van der Waals surface area (Å²) in [5.41, 5.74) is 7.87. The molecule has 3 saturated carbocycles. The molecule has 66 heavy (non-hydrogen) atoms. The van der Waals surface area contributed by atoms with Gasteiger partial charge in [0, 0.05) is 32.5 Å². The maximum atomic E-state index is 13.8. The molecule has 8 heteroatoms. The average molecular weight is 924 g/mol. The van der Waals surface area contributed by atoms with Gasteiger partial charge in [-0.05, 0) is 124 Å². The lowest BCUT2D eigenvalue weighted by atomic mass is 9.47. The normalized spacial score (nSPS) is 26.2. The van der Waals surface area contributed by atoms with Gasteiger partial charge < -0.3 is 21.1 Å². The van der Waals surface area contributed by atoms with Gasteiger partial charge in [-0.3, -0.25) is 14.5 Å². The van der Waals surface area contributed by atoms with Crippen molar-refractivity contribution in [1.29, 1.82) is 0 Å². The highest BCUT2D eigenvalue weighted by atomic mass is 16.6. The number of allylic oxidation sites excluding steroid dienone is 1. The third-order valence-electron chi connectivity index (χ3n) is 17.8. The second-order valence-electron chi connectivity index (χ2n) is 23.3. The first kappa shape index (κ1) is 56.5. The van der Waals surface area contributed by atoms with Crippen LogP contribution in [0.1, 0.15) is 253 Å². The van der Waals surface area contributed by atoms with Crippen LogP contribution >= 0.6 is 0 Å². The second-order valence-corrected chi connectivity index (χ2v) is 23.3. The minimum Gasteiger partial charge on any atom is -0.446 e. The molecule has 3 fully saturated rings. The van der Waals surface area contributed by atoms with Gasteiger partial charge in [-0.25, -0.2) is 4.79 Å². The van der Waals surface area contributed by atoms with Gasteiger partial charge in [0.25, 0.3) is 0 Å². The predicted molar refractivity (Wildman–Crippen MR) is 277 cm³/mol. The molecule has 8 nitrogen and oxygen atoms in total. The summed E-state index contributed by atoms with van der Waals surface area (Å²) < 4.78 is 6.30. The Kier molecular flexibility index (Phi) is 26.7. The Balaban J connectivity index is 1.11. The first-order valence-electron chi connectivity index (χ1n) is 28.8. The van der Waals surface area contributed by atoms with E-state index in [9.17, 15) is 14.4 Å². The number of nitrogens with one attached hydrogen (secondary N) is 2. The highest BCUT2D eigenvalue weighted by molar-refractivity contribution is 5.82. The molecule has 3 amide bonds. The average Bonchev–Trinajstić information content (AvgIpc) is 3.65. The number of unbranched alkanes of at least 4 members (excludes halogenated alkanes) is 18. The highest BCUT2D eigenvalue weighted by Gasteiger charge is 2.59. The molecule has 382 valence electrons. The van der Waals surface area contributed by atoms with Crippen molar-refractivity contribution in [3.8, 4) is 0 Å². The van der Waals surface area contributed by atoms with E-state index in [0.29, 0.717) is 44.4 Å². The topological polar surface area (TPSA) is 114 Å². The Morgan fingerprint density at radius 3 is 1.95 bits per heavy atom. The SMILES string of the molecule is CCCCCCCCCCCCCCCCCCC(=O)NCCCCCCN(CC(=O)NCCCN)C(=O)O[C@H]1CC[C@@]2(C)C(=CC[C@H]3[C@@H]4CC[C@H]([C@H](C)CCCC(C)C)[C@@]4(C)CC[C@@H]32)C1. The summed E-state index contributed by atoms with van der Waals surface area (Å²) in [5, 5.41) is 6.06. The summed E-state index contributed by atoms with van der Waals surface area (Å²) in [5.74, 6) is 4.85. The van der Waals surface area contributed by atoms with Gasteiger partial charge in [0.05, 0.1) is 0 Å². The summed E-state index contributed by atoms with van der Waals surface area (Å²) >= 11 is 0. The molecule has 0 heterocycles. The van der Waals surface area contributed by atoms with Crippen molar-refractivity contribution in [2.75, 3.05) is 32.7 Å². The van der Waals surface area contributed by atoms with Crippen LogP contribution in [0.3, 0.4) is 0 Å². The van der Waals surface area contributed by atoms with E-state index in [1.165, 1.54) is 147 Å². The minimum absolute atomic E-state index is 0.00714. The molecule has 4 aliphatic carbocycles. The molecule has 0 aliphatic heterocycles. The number of rotatable bonds is 35. The highest BCUT2D eigenvalue weighted by Crippen LogP contribution is 2.67. The molecule has 4 N–H and O–H groups in total. The fourth-order valence-electron chi connectivity index (χ4n) is 13.7. The molecular formula is C58H106N4O4. The number of amides is 3. The lowest BCUT2D eigenvalue weighted by molar-refractivity contribution is -0.122. The van der Waals surface area contributed by atoms with Gasteiger partial charge in [0.1, 0.15) is 12.6 Å². The van der Waals surface area contributed by atoms with Crippen molar-refractivity contribution in [2.24, 2.45) is 52.1 Å². The third kappa shape index (κ3) is 18.7. The standard InChI is InChI=1S/C58H106N4O4/c1-7-8-9-10-11-12-13-14-15-16-17-18-19-20-21-24-31-54(63)60-41-25-22-23-26-43-62(45-55(64)61-42-28-40-59)56(65)66-49-36-38-57(5)48(44-49)32-33-50-52-35-34-51(47(4)30-27-29-46(2)3)58(52,6)39-37-53(50)57/h32,46-47,49-53H,7-31,33-45,59H2,1-6H3,(H,60,63)(H,61,64)/t47-,49+,50+,51-,52+,53+,57+,58-/m1/s1. The van der Waals surface area contributed by atoms with Gasteiger partial charge >= 0.3 is 6.09 Å². The van der Waals surface area contributed by atoms with E-state index in [1.54, 1.807) is 4.90 Å². The summed E-state index contributed by atoms with van der Waals surface area (Å²) in [7, 11) is 0. The van der Waals surface area contributed by atoms with Crippen LogP contribution in [0.15, 0.2) is 11.6 Å². The van der Waals surface area contributed by atoms with E-state index in [2.05, 4.69) is 58.3 Å². The number of carbonyl (C=O) groups is 3. The number of nitrogens with zero attached hydrogens (tertiary/aromatic N) is 1. The Morgan fingerprint density at radius 2 is 1.30 bits per heavy atom. The number of hydrogen-bond donors (Lipinski definition) is 3. The van der Waals surface area contributed by atoms with Crippen LogP contribution in [0.4, 0.5) is 4.79 Å². The lowest BCUT2D eigenvalue weighted by Gasteiger charge is -2.58. The van der Waals surface area contributed by atoms with Crippen LogP contribution in [-0.4, -0.2) is 61.6 Å². The number of nitrogens with two attached hydrogens (primary N) is 1. The molecule has 0 saturated heterocycles. The van der Waals surface area contributed by atoms with Gasteiger partial charge in [-0.1, -0.05) is 182 Å². The van der Waals surface area contributed by atoms with Crippen molar-refractivity contribution < 1.29 is 19.1 Å². The van der Waals surface area contributed by atoms with Crippen LogP contribution in [0.2, 0.25) is 0 Å². The number of carbonyl (C=O) groups excluding carboxylic acids is 3. The third-order valence-corrected chi connectivity index (χ3v) is 17.8. The molecule has 0 radical (unpaired) electrons. The van der Waals surface area contributed by atoms with E-state index in [0.717, 1.165) is 93.3 Å². The van der Waals surface area contributed by atoms with E-state index in [4.69, 9.17) is 10.5 Å². The van der Waals surface area contributed by atoms with Crippen LogP contribution in [0.5, 0.6) is 0 Å². The molecule has 0 aromatic rings. The molecule has 8 atom stereocenters. The predicted octanol–water partition coefficient (Wildman–Crippen LogP) is 14.6. The maximum absolute atomic E-state index is 13.8. The molecule has 4 rings (SSSR count). The van der Waals surface area contributed by atoms with Gasteiger partial charge in [-0.2, -0.15) is 0 Å². The zero-order chi connectivity index (χ0) is 47.6. The van der Waals surface area contributed by atoms with Crippen molar-refractivity contribution in [1.82, 2.24) is 15.5 Å². The second kappa shape index (κ2) is 31.2. The van der Waals surface area contributed by atoms with E-state index in [1.807, 2.05) is 0 Å². The smallest absolute Gasteiger partial charge is 0.410 e. The molecule has 0 spiro atoms. The van der Waals surface area contributed by atoms with Crippen LogP contribution in [-0.2, 0) is 14.3 Å². The summed E-state index contributed by atoms with van der Waals surface area (Å²) in [6, 6.07) is 0. The summed E-state index contributed by atoms with van der Waals surface area (Å²) in [6.45, 7) is 17.0. The van der Waals surface area contributed by atoms with E-state index >= 15 is 0 Å². The minimum atomic E-state index is -0.360. The zero-order valence-electron chi connectivity index (χ0n) is 44.1. The van der Waals surface area contributed by atoms with Gasteiger partial charge in [-0.15, -0.1) is 0 Å². The zero-order valence-corrected chi connectivity index (χ0v) is 44.1. The summed E-state index contributed by atoms with van der Waals surface area (Å²) in [4.78, 5) is 40.9. The van der Waals surface area contributed by atoms with E-state index in [-0.39, 0.29) is 36.0 Å². The van der Waals surface area contributed by atoms with Crippen LogP contribution in [0.25, 0.3) is 0 Å². The lowest BCUT2D eigenvalue weighted by Crippen LogP contribution is -2.51. The molecule has 0 bridgehead atoms. The van der Waals surface area contributed by atoms with E-state index < -0.39 is 0 Å². The number of fused-ring (bicyclic) bond motifs is 5. The van der Waals surface area contributed by atoms with Crippen LogP contribution in [0, 0.1) is 46.3 Å². The molecule has 0 aromatic carbocycles. The summed E-state index contributed by atoms with van der Waals surface area (Å²) in [6.07, 6.45) is 42.1. The maximum Gasteiger partial charge on any atom is 0.410 e. The van der Waals surface area contributed by atoms with Crippen molar-refractivity contribution in [3.05, 3.63) is 11.6 Å². The Labute approximate surface area is 407 Å². The van der Waals surface area contributed by atoms with Gasteiger partial charge in [0.15, 0.2) is 0 Å². The van der Waals surface area contributed by atoms with Crippen molar-refractivity contribution in [3.63, 3.8) is 0 Å². The number of ether oxygens (including phenoxy) is 1. The molecule has 0 aromatic heterocycles. The number of hydrogen-bond acceptors (Lipinski definition) is 5. The monoisotopic (exact) mass is 923 g/mol. The Morgan fingerprint density at radius 1 is 0.697 bits per heavy atom. The van der Waals surface area contributed by atoms with Crippen LogP contribution < -0.4 is 16.4 Å². The Bertz CT molecular complexity index is 1400. The van der Waals surface area contributed by atoms with Gasteiger partial charge in [0.2, 0.25) is 11.8 Å². The molecule has 4 aliphatic rings. The molecule has 0 unspecified atom stereocenters. The van der Waals surface area contributed by atoms with Crippen molar-refractivity contribution in [2.45, 2.75) is 260 Å².